The van der Waals surface area contributed by atoms with E-state index in [1.807, 2.05) is 0 Å². The van der Waals surface area contributed by atoms with E-state index in [1.54, 1.807) is 11.9 Å². The minimum atomic E-state index is -0.799. The molecule has 0 aliphatic heterocycles. The maximum Gasteiger partial charge on any atom is 0.305 e. The first kappa shape index (κ1) is 15.1. The molecule has 0 heterocycles. The maximum atomic E-state index is 12.5. The number of nitrogens with zero attached hydrogens (tertiary/aromatic N) is 1. The van der Waals surface area contributed by atoms with Crippen molar-refractivity contribution in [1.82, 2.24) is 4.90 Å². The largest absolute Gasteiger partial charge is 0.481 e. The number of hydrogen-bond acceptors (Lipinski definition) is 2. The molecule has 1 unspecified atom stereocenters. The van der Waals surface area contributed by atoms with Crippen LogP contribution in [0.25, 0.3) is 0 Å². The van der Waals surface area contributed by atoms with Gasteiger partial charge in [-0.05, 0) is 31.6 Å². The quantitative estimate of drug-likeness (QED) is 0.787. The topological polar surface area (TPSA) is 57.6 Å². The van der Waals surface area contributed by atoms with E-state index in [2.05, 4.69) is 12.2 Å². The summed E-state index contributed by atoms with van der Waals surface area (Å²) in [6.45, 7) is 0. The molecule has 2 rings (SSSR count). The molecule has 1 amide bonds. The first-order valence-electron chi connectivity index (χ1n) is 7.69. The molecule has 0 aromatic carbocycles. The SMILES string of the molecule is CN(C(=O)CC1C=CCC1)C1(CC(=O)O)CCCCC1. The highest BCUT2D eigenvalue weighted by atomic mass is 16.4. The van der Waals surface area contributed by atoms with Crippen LogP contribution >= 0.6 is 0 Å². The fourth-order valence-electron chi connectivity index (χ4n) is 3.61. The highest BCUT2D eigenvalue weighted by molar-refractivity contribution is 5.78. The minimum absolute atomic E-state index is 0.0791. The standard InChI is InChI=1S/C16H25NO3/c1-17(14(18)11-13-7-3-4-8-13)16(12-15(19)20)9-5-2-6-10-16/h3,7,13H,2,4-6,8-12H2,1H3,(H,19,20). The zero-order valence-corrected chi connectivity index (χ0v) is 12.3. The molecule has 0 radical (unpaired) electrons. The van der Waals surface area contributed by atoms with Crippen molar-refractivity contribution in [3.8, 4) is 0 Å². The molecule has 1 fully saturated rings. The van der Waals surface area contributed by atoms with Gasteiger partial charge in [0.1, 0.15) is 0 Å². The molecular weight excluding hydrogens is 254 g/mol. The summed E-state index contributed by atoms with van der Waals surface area (Å²) in [5, 5.41) is 9.20. The van der Waals surface area contributed by atoms with Gasteiger partial charge >= 0.3 is 5.97 Å². The molecule has 1 saturated carbocycles. The number of aliphatic carboxylic acids is 1. The lowest BCUT2D eigenvalue weighted by atomic mass is 9.77. The number of rotatable bonds is 5. The Morgan fingerprint density at radius 3 is 2.55 bits per heavy atom. The van der Waals surface area contributed by atoms with E-state index in [0.29, 0.717) is 12.3 Å². The normalized spacial score (nSPS) is 24.6. The van der Waals surface area contributed by atoms with E-state index in [-0.39, 0.29) is 12.3 Å². The zero-order chi connectivity index (χ0) is 14.6. The molecule has 4 nitrogen and oxygen atoms in total. The Kier molecular flexibility index (Phi) is 4.84. The fourth-order valence-corrected chi connectivity index (χ4v) is 3.61. The summed E-state index contributed by atoms with van der Waals surface area (Å²) in [6, 6.07) is 0. The smallest absolute Gasteiger partial charge is 0.305 e. The molecule has 0 bridgehead atoms. The number of carboxylic acids is 1. The van der Waals surface area contributed by atoms with Crippen LogP contribution in [0, 0.1) is 5.92 Å². The molecule has 1 N–H and O–H groups in total. The van der Waals surface area contributed by atoms with Crippen molar-refractivity contribution < 1.29 is 14.7 Å². The van der Waals surface area contributed by atoms with E-state index >= 15 is 0 Å². The van der Waals surface area contributed by atoms with Crippen molar-refractivity contribution in [2.75, 3.05) is 7.05 Å². The van der Waals surface area contributed by atoms with Gasteiger partial charge in [0.15, 0.2) is 0 Å². The molecule has 0 aromatic heterocycles. The fraction of sp³-hybridized carbons (Fsp3) is 0.750. The molecule has 112 valence electrons. The van der Waals surface area contributed by atoms with Crippen LogP contribution in [0.3, 0.4) is 0 Å². The van der Waals surface area contributed by atoms with Gasteiger partial charge in [-0.1, -0.05) is 31.4 Å². The second kappa shape index (κ2) is 6.42. The monoisotopic (exact) mass is 279 g/mol. The van der Waals surface area contributed by atoms with Gasteiger partial charge in [0.05, 0.1) is 12.0 Å². The van der Waals surface area contributed by atoms with Gasteiger partial charge in [0.2, 0.25) is 5.91 Å². The summed E-state index contributed by atoms with van der Waals surface area (Å²) in [6.07, 6.45) is 11.8. The number of carboxylic acid groups (broad SMARTS) is 1. The summed E-state index contributed by atoms with van der Waals surface area (Å²) in [5.41, 5.74) is -0.455. The van der Waals surface area contributed by atoms with Crippen molar-refractivity contribution in [1.29, 1.82) is 0 Å². The van der Waals surface area contributed by atoms with Crippen LogP contribution in [0.2, 0.25) is 0 Å². The molecular formula is C16H25NO3. The van der Waals surface area contributed by atoms with Crippen LogP contribution in [0.15, 0.2) is 12.2 Å². The van der Waals surface area contributed by atoms with Crippen LogP contribution in [-0.4, -0.2) is 34.5 Å². The Hall–Kier alpha value is -1.32. The summed E-state index contributed by atoms with van der Waals surface area (Å²) >= 11 is 0. The summed E-state index contributed by atoms with van der Waals surface area (Å²) < 4.78 is 0. The van der Waals surface area contributed by atoms with Gasteiger partial charge in [0, 0.05) is 13.5 Å². The molecule has 1 atom stereocenters. The highest BCUT2D eigenvalue weighted by Gasteiger charge is 2.40. The lowest BCUT2D eigenvalue weighted by molar-refractivity contribution is -0.146. The number of carbonyl (C=O) groups excluding carboxylic acids is 1. The Morgan fingerprint density at radius 1 is 1.30 bits per heavy atom. The molecule has 0 saturated heterocycles. The molecule has 2 aliphatic carbocycles. The van der Waals surface area contributed by atoms with E-state index in [4.69, 9.17) is 0 Å². The number of hydrogen-bond donors (Lipinski definition) is 1. The van der Waals surface area contributed by atoms with E-state index in [9.17, 15) is 14.7 Å². The van der Waals surface area contributed by atoms with Gasteiger partial charge in [-0.25, -0.2) is 0 Å². The van der Waals surface area contributed by atoms with Crippen LogP contribution < -0.4 is 0 Å². The van der Waals surface area contributed by atoms with Crippen molar-refractivity contribution in [3.63, 3.8) is 0 Å². The van der Waals surface area contributed by atoms with Gasteiger partial charge in [0.25, 0.3) is 0 Å². The number of allylic oxidation sites excluding steroid dienone is 2. The minimum Gasteiger partial charge on any atom is -0.481 e. The van der Waals surface area contributed by atoms with Gasteiger partial charge in [-0.3, -0.25) is 9.59 Å². The lowest BCUT2D eigenvalue weighted by Gasteiger charge is -2.44. The van der Waals surface area contributed by atoms with Crippen LogP contribution in [0.4, 0.5) is 0 Å². The lowest BCUT2D eigenvalue weighted by Crippen LogP contribution is -2.52. The Morgan fingerprint density at radius 2 is 2.00 bits per heavy atom. The van der Waals surface area contributed by atoms with Gasteiger partial charge in [-0.2, -0.15) is 0 Å². The predicted octanol–water partition coefficient (Wildman–Crippen LogP) is 2.98. The molecule has 4 heteroatoms. The molecule has 20 heavy (non-hydrogen) atoms. The average molecular weight is 279 g/mol. The number of carbonyl (C=O) groups is 2. The third-order valence-corrected chi connectivity index (χ3v) is 4.90. The van der Waals surface area contributed by atoms with Crippen LogP contribution in [0.5, 0.6) is 0 Å². The summed E-state index contributed by atoms with van der Waals surface area (Å²) in [5.74, 6) is -0.354. The maximum absolute atomic E-state index is 12.5. The molecule has 2 aliphatic rings. The van der Waals surface area contributed by atoms with Crippen LogP contribution in [-0.2, 0) is 9.59 Å². The summed E-state index contributed by atoms with van der Waals surface area (Å²) in [7, 11) is 1.80. The Bertz CT molecular complexity index is 397. The van der Waals surface area contributed by atoms with E-state index in [1.165, 1.54) is 0 Å². The van der Waals surface area contributed by atoms with E-state index in [0.717, 1.165) is 44.9 Å². The molecule has 0 spiro atoms. The first-order valence-corrected chi connectivity index (χ1v) is 7.69. The zero-order valence-electron chi connectivity index (χ0n) is 12.3. The first-order chi connectivity index (χ1) is 9.53. The third-order valence-electron chi connectivity index (χ3n) is 4.90. The van der Waals surface area contributed by atoms with Gasteiger partial charge in [-0.15, -0.1) is 0 Å². The van der Waals surface area contributed by atoms with Crippen molar-refractivity contribution >= 4 is 11.9 Å². The second-order valence-electron chi connectivity index (χ2n) is 6.28. The Balaban J connectivity index is 2.04. The average Bonchev–Trinajstić information content (AvgIpc) is 2.91. The Labute approximate surface area is 120 Å². The van der Waals surface area contributed by atoms with Crippen molar-refractivity contribution in [2.24, 2.45) is 5.92 Å². The van der Waals surface area contributed by atoms with Crippen molar-refractivity contribution in [2.45, 2.75) is 63.3 Å². The molecule has 0 aromatic rings. The number of amides is 1. The van der Waals surface area contributed by atoms with Gasteiger partial charge < -0.3 is 10.0 Å². The predicted molar refractivity (Wildman–Crippen MR) is 77.3 cm³/mol. The van der Waals surface area contributed by atoms with Crippen molar-refractivity contribution in [3.05, 3.63) is 12.2 Å². The summed E-state index contributed by atoms with van der Waals surface area (Å²) in [4.78, 5) is 25.4. The van der Waals surface area contributed by atoms with E-state index < -0.39 is 11.5 Å². The highest BCUT2D eigenvalue weighted by Crippen LogP contribution is 2.37. The second-order valence-corrected chi connectivity index (χ2v) is 6.28. The van der Waals surface area contributed by atoms with Crippen LogP contribution in [0.1, 0.15) is 57.8 Å². The third kappa shape index (κ3) is 3.41.